The van der Waals surface area contributed by atoms with Crippen LogP contribution in [-0.2, 0) is 0 Å². The molecule has 0 aliphatic heterocycles. The topological polar surface area (TPSA) is 42.1 Å². The molecule has 0 aromatic carbocycles. The van der Waals surface area contributed by atoms with Gasteiger partial charge in [0.15, 0.2) is 0 Å². The highest BCUT2D eigenvalue weighted by Crippen LogP contribution is 2.26. The molecule has 1 rings (SSSR count). The monoisotopic (exact) mass is 207 g/mol. The van der Waals surface area contributed by atoms with Gasteiger partial charge in [-0.05, 0) is 46.0 Å². The summed E-state index contributed by atoms with van der Waals surface area (Å²) in [6.07, 6.45) is 3.70. The Labute approximate surface area is 92.3 Å². The molecule has 0 spiro atoms. The Hall–Kier alpha value is -0.930. The number of pyridine rings is 1. The van der Waals surface area contributed by atoms with E-state index in [1.165, 1.54) is 0 Å². The van der Waals surface area contributed by atoms with E-state index in [1.807, 2.05) is 33.4 Å². The minimum Gasteiger partial charge on any atom is -0.322 e. The van der Waals surface area contributed by atoms with Gasteiger partial charge in [-0.2, -0.15) is 0 Å². The van der Waals surface area contributed by atoms with E-state index in [9.17, 15) is 0 Å². The summed E-state index contributed by atoms with van der Waals surface area (Å²) in [6.45, 7) is 6.31. The summed E-state index contributed by atoms with van der Waals surface area (Å²) in [5.74, 6) is 0. The number of rotatable bonds is 3. The zero-order chi connectivity index (χ0) is 11.6. The van der Waals surface area contributed by atoms with E-state index in [-0.39, 0.29) is 11.6 Å². The molecule has 0 fully saturated rings. The van der Waals surface area contributed by atoms with Crippen molar-refractivity contribution in [3.8, 4) is 0 Å². The second kappa shape index (κ2) is 4.29. The molecule has 0 bridgehead atoms. The van der Waals surface area contributed by atoms with E-state index >= 15 is 0 Å². The molecule has 0 saturated carbocycles. The molecule has 1 aromatic rings. The molecule has 1 atom stereocenters. The van der Waals surface area contributed by atoms with E-state index < -0.39 is 0 Å². The minimum atomic E-state index is -0.0739. The minimum absolute atomic E-state index is 0.0279. The van der Waals surface area contributed by atoms with E-state index in [0.29, 0.717) is 0 Å². The van der Waals surface area contributed by atoms with Gasteiger partial charge in [0, 0.05) is 24.0 Å². The molecule has 0 radical (unpaired) electrons. The lowest BCUT2D eigenvalue weighted by Gasteiger charge is -2.38. The van der Waals surface area contributed by atoms with Gasteiger partial charge in [-0.15, -0.1) is 0 Å². The maximum absolute atomic E-state index is 6.26. The van der Waals surface area contributed by atoms with Crippen molar-refractivity contribution in [3.05, 3.63) is 29.6 Å². The summed E-state index contributed by atoms with van der Waals surface area (Å²) < 4.78 is 0. The Morgan fingerprint density at radius 3 is 2.40 bits per heavy atom. The van der Waals surface area contributed by atoms with Gasteiger partial charge in [0.2, 0.25) is 0 Å². The molecular formula is C12H21N3. The van der Waals surface area contributed by atoms with E-state index in [2.05, 4.69) is 29.8 Å². The van der Waals surface area contributed by atoms with E-state index in [1.54, 1.807) is 0 Å². The number of aryl methyl sites for hydroxylation is 1. The standard InChI is InChI=1S/C12H21N3/c1-9-6-10(8-14-7-9)11(13)12(2,3)15(4)5/h6-8,11H,13H2,1-5H3. The van der Waals surface area contributed by atoms with Crippen LogP contribution in [0.25, 0.3) is 0 Å². The van der Waals surface area contributed by atoms with Crippen molar-refractivity contribution in [2.24, 2.45) is 5.73 Å². The second-order valence-electron chi connectivity index (χ2n) is 4.82. The lowest BCUT2D eigenvalue weighted by molar-refractivity contribution is 0.158. The van der Waals surface area contributed by atoms with Gasteiger partial charge in [0.05, 0.1) is 0 Å². The summed E-state index contributed by atoms with van der Waals surface area (Å²) in [7, 11) is 4.09. The molecule has 1 aromatic heterocycles. The van der Waals surface area contributed by atoms with Crippen LogP contribution in [-0.4, -0.2) is 29.5 Å². The van der Waals surface area contributed by atoms with Crippen LogP contribution in [0.15, 0.2) is 18.5 Å². The molecule has 15 heavy (non-hydrogen) atoms. The predicted octanol–water partition coefficient (Wildman–Crippen LogP) is 1.73. The Bertz CT molecular complexity index is 331. The summed E-state index contributed by atoms with van der Waals surface area (Å²) >= 11 is 0. The number of aromatic nitrogens is 1. The lowest BCUT2D eigenvalue weighted by Crippen LogP contribution is -2.47. The Morgan fingerprint density at radius 1 is 1.33 bits per heavy atom. The van der Waals surface area contributed by atoms with Crippen LogP contribution >= 0.6 is 0 Å². The number of hydrogen-bond acceptors (Lipinski definition) is 3. The number of likely N-dealkylation sites (N-methyl/N-ethyl adjacent to an activating group) is 1. The summed E-state index contributed by atoms with van der Waals surface area (Å²) in [5.41, 5.74) is 8.43. The van der Waals surface area contributed by atoms with Gasteiger partial charge in [0.25, 0.3) is 0 Å². The number of nitrogens with zero attached hydrogens (tertiary/aromatic N) is 2. The summed E-state index contributed by atoms with van der Waals surface area (Å²) in [5, 5.41) is 0. The van der Waals surface area contributed by atoms with Crippen LogP contribution in [0.4, 0.5) is 0 Å². The van der Waals surface area contributed by atoms with Gasteiger partial charge in [-0.1, -0.05) is 6.07 Å². The van der Waals surface area contributed by atoms with Gasteiger partial charge in [-0.25, -0.2) is 0 Å². The normalized spacial score (nSPS) is 14.3. The first-order valence-electron chi connectivity index (χ1n) is 5.20. The van der Waals surface area contributed by atoms with Crippen LogP contribution < -0.4 is 5.73 Å². The summed E-state index contributed by atoms with van der Waals surface area (Å²) in [6, 6.07) is 2.07. The second-order valence-corrected chi connectivity index (χ2v) is 4.82. The first-order valence-corrected chi connectivity index (χ1v) is 5.20. The highest BCUT2D eigenvalue weighted by atomic mass is 15.2. The third kappa shape index (κ3) is 2.55. The fourth-order valence-corrected chi connectivity index (χ4v) is 1.43. The smallest absolute Gasteiger partial charge is 0.0491 e. The lowest BCUT2D eigenvalue weighted by atomic mass is 9.89. The molecular weight excluding hydrogens is 186 g/mol. The van der Waals surface area contributed by atoms with Gasteiger partial charge < -0.3 is 10.6 Å². The van der Waals surface area contributed by atoms with Crippen LogP contribution in [0.3, 0.4) is 0 Å². The van der Waals surface area contributed by atoms with Crippen molar-refractivity contribution in [2.45, 2.75) is 32.4 Å². The quantitative estimate of drug-likeness (QED) is 0.820. The molecule has 0 amide bonds. The Morgan fingerprint density at radius 2 is 1.93 bits per heavy atom. The predicted molar refractivity (Wildman–Crippen MR) is 63.7 cm³/mol. The zero-order valence-corrected chi connectivity index (χ0v) is 10.3. The SMILES string of the molecule is Cc1cncc(C(N)C(C)(C)N(C)C)c1. The molecule has 3 heteroatoms. The van der Waals surface area contributed by atoms with Crippen LogP contribution in [0.5, 0.6) is 0 Å². The number of hydrogen-bond donors (Lipinski definition) is 1. The van der Waals surface area contributed by atoms with Gasteiger partial charge >= 0.3 is 0 Å². The number of nitrogens with two attached hydrogens (primary N) is 1. The highest BCUT2D eigenvalue weighted by Gasteiger charge is 2.29. The molecule has 1 heterocycles. The van der Waals surface area contributed by atoms with Gasteiger partial charge in [-0.3, -0.25) is 4.98 Å². The van der Waals surface area contributed by atoms with E-state index in [0.717, 1.165) is 11.1 Å². The highest BCUT2D eigenvalue weighted by molar-refractivity contribution is 5.22. The maximum atomic E-state index is 6.26. The fraction of sp³-hybridized carbons (Fsp3) is 0.583. The third-order valence-corrected chi connectivity index (χ3v) is 3.17. The Balaban J connectivity index is 2.99. The molecule has 0 aliphatic rings. The zero-order valence-electron chi connectivity index (χ0n) is 10.3. The van der Waals surface area contributed by atoms with Gasteiger partial charge in [0.1, 0.15) is 0 Å². The largest absolute Gasteiger partial charge is 0.322 e. The maximum Gasteiger partial charge on any atom is 0.0491 e. The average Bonchev–Trinajstić information content (AvgIpc) is 2.16. The van der Waals surface area contributed by atoms with Crippen molar-refractivity contribution < 1.29 is 0 Å². The van der Waals surface area contributed by atoms with Crippen molar-refractivity contribution in [1.29, 1.82) is 0 Å². The first-order chi connectivity index (χ1) is 6.85. The fourth-order valence-electron chi connectivity index (χ4n) is 1.43. The molecule has 2 N–H and O–H groups in total. The molecule has 3 nitrogen and oxygen atoms in total. The third-order valence-electron chi connectivity index (χ3n) is 3.17. The average molecular weight is 207 g/mol. The van der Waals surface area contributed by atoms with E-state index in [4.69, 9.17) is 5.73 Å². The molecule has 0 saturated heterocycles. The first kappa shape index (κ1) is 12.1. The van der Waals surface area contributed by atoms with Crippen LogP contribution in [0, 0.1) is 6.92 Å². The van der Waals surface area contributed by atoms with Crippen molar-refractivity contribution in [1.82, 2.24) is 9.88 Å². The van der Waals surface area contributed by atoms with Crippen LogP contribution in [0.1, 0.15) is 31.0 Å². The van der Waals surface area contributed by atoms with Crippen molar-refractivity contribution in [2.75, 3.05) is 14.1 Å². The molecule has 0 aliphatic carbocycles. The molecule has 1 unspecified atom stereocenters. The Kier molecular flexibility index (Phi) is 3.47. The van der Waals surface area contributed by atoms with Crippen molar-refractivity contribution >= 4 is 0 Å². The summed E-state index contributed by atoms with van der Waals surface area (Å²) in [4.78, 5) is 6.32. The van der Waals surface area contributed by atoms with Crippen LogP contribution in [0.2, 0.25) is 0 Å². The van der Waals surface area contributed by atoms with Crippen molar-refractivity contribution in [3.63, 3.8) is 0 Å². The molecule has 84 valence electrons.